The third kappa shape index (κ3) is 3.29. The fraction of sp³-hybridized carbons (Fsp3) is 0.818. The quantitative estimate of drug-likeness (QED) is 0.839. The molecule has 1 aliphatic carbocycles. The van der Waals surface area contributed by atoms with Gasteiger partial charge in [-0.05, 0) is 19.8 Å². The third-order valence-corrected chi connectivity index (χ3v) is 4.98. The number of nitrogens with zero attached hydrogens (tertiary/aromatic N) is 2. The maximum atomic E-state index is 11.6. The van der Waals surface area contributed by atoms with E-state index in [9.17, 15) is 8.42 Å². The van der Waals surface area contributed by atoms with Crippen LogP contribution in [-0.4, -0.2) is 42.7 Å². The highest BCUT2D eigenvalue weighted by Gasteiger charge is 2.34. The molecule has 2 rings (SSSR count). The van der Waals surface area contributed by atoms with Crippen LogP contribution in [0.15, 0.2) is 4.52 Å². The molecule has 1 aromatic heterocycles. The van der Waals surface area contributed by atoms with Crippen LogP contribution >= 0.6 is 0 Å². The van der Waals surface area contributed by atoms with E-state index in [-0.39, 0.29) is 11.3 Å². The normalized spacial score (nSPS) is 24.6. The molecule has 0 spiro atoms. The first kappa shape index (κ1) is 13.5. The summed E-state index contributed by atoms with van der Waals surface area (Å²) in [5.41, 5.74) is 0. The molecule has 0 amide bonds. The highest BCUT2D eigenvalue weighted by Crippen LogP contribution is 2.24. The number of aryl methyl sites for hydroxylation is 1. The van der Waals surface area contributed by atoms with E-state index in [0.717, 1.165) is 19.3 Å². The van der Waals surface area contributed by atoms with Gasteiger partial charge in [-0.3, -0.25) is 0 Å². The van der Waals surface area contributed by atoms with E-state index < -0.39 is 9.84 Å². The first-order chi connectivity index (χ1) is 8.47. The van der Waals surface area contributed by atoms with E-state index >= 15 is 0 Å². The van der Waals surface area contributed by atoms with Crippen molar-refractivity contribution < 1.29 is 12.9 Å². The van der Waals surface area contributed by atoms with Gasteiger partial charge in [-0.1, -0.05) is 11.6 Å². The van der Waals surface area contributed by atoms with Crippen molar-refractivity contribution in [2.75, 3.05) is 12.8 Å². The van der Waals surface area contributed by atoms with Crippen LogP contribution in [0.5, 0.6) is 0 Å². The molecule has 1 aliphatic rings. The van der Waals surface area contributed by atoms with E-state index in [2.05, 4.69) is 15.5 Å². The van der Waals surface area contributed by atoms with Crippen LogP contribution in [0, 0.1) is 6.92 Å². The molecule has 102 valence electrons. The molecule has 0 bridgehead atoms. The summed E-state index contributed by atoms with van der Waals surface area (Å²) in [7, 11) is -2.96. The molecule has 1 aromatic rings. The van der Waals surface area contributed by atoms with Gasteiger partial charge in [0.25, 0.3) is 0 Å². The largest absolute Gasteiger partial charge is 0.339 e. The fourth-order valence-corrected chi connectivity index (χ4v) is 3.90. The van der Waals surface area contributed by atoms with Gasteiger partial charge in [0.05, 0.1) is 5.25 Å². The monoisotopic (exact) mass is 273 g/mol. The lowest BCUT2D eigenvalue weighted by Crippen LogP contribution is -2.40. The summed E-state index contributed by atoms with van der Waals surface area (Å²) in [6.45, 7) is 2.44. The van der Waals surface area contributed by atoms with Crippen LogP contribution < -0.4 is 5.32 Å². The minimum atomic E-state index is -2.96. The Balaban J connectivity index is 1.83. The Kier molecular flexibility index (Phi) is 4.01. The van der Waals surface area contributed by atoms with Crippen LogP contribution in [0.3, 0.4) is 0 Å². The lowest BCUT2D eigenvalue weighted by atomic mass is 10.2. The number of aromatic nitrogens is 2. The molecule has 7 heteroatoms. The highest BCUT2D eigenvalue weighted by molar-refractivity contribution is 7.91. The average molecular weight is 273 g/mol. The molecule has 1 fully saturated rings. The van der Waals surface area contributed by atoms with Crippen molar-refractivity contribution in [3.8, 4) is 0 Å². The van der Waals surface area contributed by atoms with Gasteiger partial charge in [0.1, 0.15) is 0 Å². The van der Waals surface area contributed by atoms with E-state index in [1.807, 2.05) is 0 Å². The van der Waals surface area contributed by atoms with Gasteiger partial charge in [0, 0.05) is 25.3 Å². The molecule has 2 atom stereocenters. The van der Waals surface area contributed by atoms with Gasteiger partial charge >= 0.3 is 0 Å². The summed E-state index contributed by atoms with van der Waals surface area (Å²) >= 11 is 0. The Morgan fingerprint density at radius 2 is 2.22 bits per heavy atom. The zero-order valence-corrected chi connectivity index (χ0v) is 11.5. The smallest absolute Gasteiger partial charge is 0.227 e. The average Bonchev–Trinajstić information content (AvgIpc) is 2.86. The minimum absolute atomic E-state index is 0.0593. The van der Waals surface area contributed by atoms with Crippen molar-refractivity contribution in [2.24, 2.45) is 0 Å². The van der Waals surface area contributed by atoms with Crippen LogP contribution in [0.1, 0.15) is 31.0 Å². The number of rotatable bonds is 5. The van der Waals surface area contributed by atoms with Crippen molar-refractivity contribution in [1.82, 2.24) is 15.5 Å². The van der Waals surface area contributed by atoms with Gasteiger partial charge in [0.2, 0.25) is 5.89 Å². The van der Waals surface area contributed by atoms with Gasteiger partial charge in [0.15, 0.2) is 15.7 Å². The summed E-state index contributed by atoms with van der Waals surface area (Å²) in [5, 5.41) is 6.75. The van der Waals surface area contributed by atoms with E-state index in [0.29, 0.717) is 24.7 Å². The second-order valence-corrected chi connectivity index (χ2v) is 7.11. The molecule has 0 aromatic carbocycles. The second-order valence-electron chi connectivity index (χ2n) is 4.84. The summed E-state index contributed by atoms with van der Waals surface area (Å²) in [6.07, 6.45) is 4.60. The maximum absolute atomic E-state index is 11.6. The highest BCUT2D eigenvalue weighted by atomic mass is 32.2. The SMILES string of the molecule is Cc1noc(CCNC2CCCC2S(C)(=O)=O)n1. The molecular weight excluding hydrogens is 254 g/mol. The van der Waals surface area contributed by atoms with Gasteiger partial charge in [-0.25, -0.2) is 8.42 Å². The van der Waals surface area contributed by atoms with Crippen molar-refractivity contribution in [2.45, 2.75) is 43.9 Å². The Morgan fingerprint density at radius 3 is 2.83 bits per heavy atom. The summed E-state index contributed by atoms with van der Waals surface area (Å²) in [6, 6.07) is 0.0593. The molecule has 1 saturated carbocycles. The predicted molar refractivity (Wildman–Crippen MR) is 67.0 cm³/mol. The number of hydrogen-bond donors (Lipinski definition) is 1. The Labute approximate surface area is 107 Å². The van der Waals surface area contributed by atoms with Crippen molar-refractivity contribution in [3.05, 3.63) is 11.7 Å². The number of hydrogen-bond acceptors (Lipinski definition) is 6. The van der Waals surface area contributed by atoms with Gasteiger partial charge < -0.3 is 9.84 Å². The topological polar surface area (TPSA) is 85.1 Å². The van der Waals surface area contributed by atoms with Crippen LogP contribution in [0.2, 0.25) is 0 Å². The summed E-state index contributed by atoms with van der Waals surface area (Å²) < 4.78 is 28.2. The minimum Gasteiger partial charge on any atom is -0.339 e. The molecule has 6 nitrogen and oxygen atoms in total. The lowest BCUT2D eigenvalue weighted by molar-refractivity contribution is 0.369. The maximum Gasteiger partial charge on any atom is 0.227 e. The Hall–Kier alpha value is -0.950. The van der Waals surface area contributed by atoms with Crippen molar-refractivity contribution >= 4 is 9.84 Å². The van der Waals surface area contributed by atoms with E-state index in [1.165, 1.54) is 6.26 Å². The van der Waals surface area contributed by atoms with Crippen molar-refractivity contribution in [3.63, 3.8) is 0 Å². The van der Waals surface area contributed by atoms with Crippen molar-refractivity contribution in [1.29, 1.82) is 0 Å². The first-order valence-electron chi connectivity index (χ1n) is 6.18. The molecule has 0 saturated heterocycles. The summed E-state index contributed by atoms with van der Waals surface area (Å²) in [4.78, 5) is 4.11. The van der Waals surface area contributed by atoms with Gasteiger partial charge in [-0.2, -0.15) is 4.98 Å². The molecule has 0 radical (unpaired) electrons. The molecule has 1 heterocycles. The van der Waals surface area contributed by atoms with Gasteiger partial charge in [-0.15, -0.1) is 0 Å². The fourth-order valence-electron chi connectivity index (χ4n) is 2.48. The van der Waals surface area contributed by atoms with Crippen LogP contribution in [0.25, 0.3) is 0 Å². The Bertz CT molecular complexity index is 497. The molecular formula is C11H19N3O3S. The Morgan fingerprint density at radius 1 is 1.44 bits per heavy atom. The van der Waals surface area contributed by atoms with Crippen LogP contribution in [-0.2, 0) is 16.3 Å². The van der Waals surface area contributed by atoms with Crippen LogP contribution in [0.4, 0.5) is 0 Å². The number of sulfone groups is 1. The zero-order chi connectivity index (χ0) is 13.2. The number of nitrogens with one attached hydrogen (secondary N) is 1. The van der Waals surface area contributed by atoms with E-state index in [4.69, 9.17) is 4.52 Å². The molecule has 18 heavy (non-hydrogen) atoms. The molecule has 2 unspecified atom stereocenters. The van der Waals surface area contributed by atoms with E-state index in [1.54, 1.807) is 6.92 Å². The molecule has 0 aliphatic heterocycles. The predicted octanol–water partition coefficient (Wildman–Crippen LogP) is 0.476. The zero-order valence-electron chi connectivity index (χ0n) is 10.7. The third-order valence-electron chi connectivity index (χ3n) is 3.32. The lowest BCUT2D eigenvalue weighted by Gasteiger charge is -2.18. The molecule has 1 N–H and O–H groups in total. The second kappa shape index (κ2) is 5.36. The standard InChI is InChI=1S/C11H19N3O3S/c1-8-13-11(17-14-8)6-7-12-9-4-3-5-10(9)18(2,15)16/h9-10,12H,3-7H2,1-2H3. The summed E-state index contributed by atoms with van der Waals surface area (Å²) in [5.74, 6) is 1.22. The first-order valence-corrected chi connectivity index (χ1v) is 8.13.